The molecule has 2 aromatic carbocycles. The summed E-state index contributed by atoms with van der Waals surface area (Å²) in [7, 11) is 0. The molecule has 0 aromatic heterocycles. The molecule has 1 amide bonds. The van der Waals surface area contributed by atoms with E-state index in [0.717, 1.165) is 29.5 Å². The second kappa shape index (κ2) is 14.4. The number of carbonyl (C=O) groups is 2. The van der Waals surface area contributed by atoms with Crippen LogP contribution in [0.25, 0.3) is 0 Å². The average Bonchev–Trinajstić information content (AvgIpc) is 2.81. The third kappa shape index (κ3) is 8.94. The van der Waals surface area contributed by atoms with E-state index in [2.05, 4.69) is 18.8 Å². The monoisotopic (exact) mass is 467 g/mol. The molecular formula is C28H34ClNO3. The number of rotatable bonds is 11. The van der Waals surface area contributed by atoms with Gasteiger partial charge in [-0.2, -0.15) is 0 Å². The molecule has 0 heterocycles. The molecule has 0 aliphatic rings. The molecule has 0 spiro atoms. The first-order chi connectivity index (χ1) is 16.0. The molecule has 0 fully saturated rings. The first-order valence-corrected chi connectivity index (χ1v) is 12.2. The summed E-state index contributed by atoms with van der Waals surface area (Å²) in [6.07, 6.45) is 9.00. The minimum absolute atomic E-state index is 0.171. The number of halogens is 1. The fourth-order valence-electron chi connectivity index (χ4n) is 3.86. The van der Waals surface area contributed by atoms with Crippen molar-refractivity contribution >= 4 is 23.5 Å². The van der Waals surface area contributed by atoms with Crippen LogP contribution in [0.15, 0.2) is 48.5 Å². The number of amides is 1. The van der Waals surface area contributed by atoms with Crippen LogP contribution in [0.1, 0.15) is 87.9 Å². The lowest BCUT2D eigenvalue weighted by atomic mass is 10.00. The second-order valence-corrected chi connectivity index (χ2v) is 8.67. The van der Waals surface area contributed by atoms with Gasteiger partial charge in [0.15, 0.2) is 0 Å². The van der Waals surface area contributed by atoms with Crippen LogP contribution in [-0.2, 0) is 16.1 Å². The summed E-state index contributed by atoms with van der Waals surface area (Å²) in [6.45, 7) is 4.34. The van der Waals surface area contributed by atoms with Gasteiger partial charge in [0.2, 0.25) is 0 Å². The van der Waals surface area contributed by atoms with Crippen molar-refractivity contribution in [1.82, 2.24) is 4.90 Å². The minimum Gasteiger partial charge on any atom is -0.474 e. The molecule has 1 unspecified atom stereocenters. The van der Waals surface area contributed by atoms with Crippen molar-refractivity contribution in [2.45, 2.75) is 77.8 Å². The molecule has 4 nitrogen and oxygen atoms in total. The third-order valence-electron chi connectivity index (χ3n) is 5.63. The Morgan fingerprint density at radius 2 is 1.70 bits per heavy atom. The van der Waals surface area contributed by atoms with Gasteiger partial charge in [-0.3, -0.25) is 4.79 Å². The predicted octanol–water partition coefficient (Wildman–Crippen LogP) is 7.01. The van der Waals surface area contributed by atoms with Crippen molar-refractivity contribution in [2.75, 3.05) is 0 Å². The number of unbranched alkanes of at least 4 members (excludes halogenated alkanes) is 6. The van der Waals surface area contributed by atoms with E-state index in [0.29, 0.717) is 11.4 Å². The maximum absolute atomic E-state index is 12.5. The van der Waals surface area contributed by atoms with Crippen LogP contribution in [0.3, 0.4) is 0 Å². The number of hydrogen-bond donors (Lipinski definition) is 1. The Bertz CT molecular complexity index is 959. The van der Waals surface area contributed by atoms with Crippen LogP contribution in [-0.4, -0.2) is 21.9 Å². The Morgan fingerprint density at radius 1 is 1.00 bits per heavy atom. The van der Waals surface area contributed by atoms with E-state index in [1.54, 1.807) is 18.2 Å². The Labute approximate surface area is 203 Å². The largest absolute Gasteiger partial charge is 0.474 e. The molecule has 0 bridgehead atoms. The summed E-state index contributed by atoms with van der Waals surface area (Å²) in [5.41, 5.74) is 2.59. The van der Waals surface area contributed by atoms with E-state index in [4.69, 9.17) is 11.6 Å². The van der Waals surface area contributed by atoms with E-state index in [-0.39, 0.29) is 12.6 Å². The van der Waals surface area contributed by atoms with Crippen LogP contribution < -0.4 is 0 Å². The lowest BCUT2D eigenvalue weighted by Crippen LogP contribution is -2.38. The smallest absolute Gasteiger partial charge is 0.394 e. The summed E-state index contributed by atoms with van der Waals surface area (Å²) < 4.78 is 0. The van der Waals surface area contributed by atoms with Gasteiger partial charge >= 0.3 is 11.9 Å². The zero-order chi connectivity index (χ0) is 24.1. The highest BCUT2D eigenvalue weighted by molar-refractivity contribution is 6.31. The van der Waals surface area contributed by atoms with Crippen molar-refractivity contribution in [3.63, 3.8) is 0 Å². The maximum atomic E-state index is 12.5. The predicted molar refractivity (Wildman–Crippen MR) is 134 cm³/mol. The van der Waals surface area contributed by atoms with Gasteiger partial charge < -0.3 is 10.0 Å². The number of carboxylic acid groups (broad SMARTS) is 1. The maximum Gasteiger partial charge on any atom is 0.394 e. The van der Waals surface area contributed by atoms with Crippen LogP contribution in [0.4, 0.5) is 0 Å². The summed E-state index contributed by atoms with van der Waals surface area (Å²) >= 11 is 6.08. The van der Waals surface area contributed by atoms with E-state index in [1.807, 2.05) is 37.3 Å². The molecule has 0 saturated carbocycles. The first kappa shape index (κ1) is 26.5. The van der Waals surface area contributed by atoms with Crippen molar-refractivity contribution in [1.29, 1.82) is 0 Å². The van der Waals surface area contributed by atoms with Gasteiger partial charge in [0.1, 0.15) is 0 Å². The highest BCUT2D eigenvalue weighted by Crippen LogP contribution is 2.27. The molecule has 0 aliphatic carbocycles. The Hall–Kier alpha value is -2.77. The highest BCUT2D eigenvalue weighted by Gasteiger charge is 2.28. The molecule has 5 heteroatoms. The van der Waals surface area contributed by atoms with Crippen LogP contribution in [0.5, 0.6) is 0 Å². The highest BCUT2D eigenvalue weighted by atomic mass is 35.5. The molecule has 1 N–H and O–H groups in total. The molecule has 176 valence electrons. The quantitative estimate of drug-likeness (QED) is 0.220. The Morgan fingerprint density at radius 3 is 2.33 bits per heavy atom. The number of carboxylic acids is 1. The summed E-state index contributed by atoms with van der Waals surface area (Å²) in [4.78, 5) is 25.4. The summed E-state index contributed by atoms with van der Waals surface area (Å²) in [5, 5.41) is 9.93. The normalized spacial score (nSPS) is 11.4. The second-order valence-electron chi connectivity index (χ2n) is 8.23. The number of carbonyl (C=O) groups excluding carboxylic acids is 1. The third-order valence-corrected chi connectivity index (χ3v) is 5.87. The molecule has 2 aromatic rings. The Balaban J connectivity index is 2.07. The standard InChI is InChI=1S/C28H34ClNO3/c1-3-5-6-7-8-9-10-11-13-22-16-18-24(19-17-22)26(4-2)30(27(31)28(32)33)21-23-14-12-15-25(29)20-23/h12,14-20,26H,3-10,21H2,1-2H3,(H,32,33). The lowest BCUT2D eigenvalue weighted by molar-refractivity contribution is -0.157. The number of nitrogens with zero attached hydrogens (tertiary/aromatic N) is 1. The van der Waals surface area contributed by atoms with Crippen LogP contribution in [0, 0.1) is 11.8 Å². The van der Waals surface area contributed by atoms with E-state index < -0.39 is 11.9 Å². The van der Waals surface area contributed by atoms with Gasteiger partial charge in [0, 0.05) is 23.6 Å². The Kier molecular flexibility index (Phi) is 11.6. The van der Waals surface area contributed by atoms with E-state index in [9.17, 15) is 14.7 Å². The number of aliphatic carboxylic acids is 1. The SMILES string of the molecule is CCCCCCCCC#Cc1ccc(C(CC)N(Cc2cccc(Cl)c2)C(=O)C(=O)O)cc1. The minimum atomic E-state index is -1.47. The van der Waals surface area contributed by atoms with E-state index in [1.165, 1.54) is 37.0 Å². The number of hydrogen-bond acceptors (Lipinski definition) is 2. The molecule has 0 radical (unpaired) electrons. The van der Waals surface area contributed by atoms with Crippen molar-refractivity contribution in [3.8, 4) is 11.8 Å². The summed E-state index contributed by atoms with van der Waals surface area (Å²) in [6, 6.07) is 14.5. The molecule has 33 heavy (non-hydrogen) atoms. The van der Waals surface area contributed by atoms with Gasteiger partial charge in [0.05, 0.1) is 6.04 Å². The van der Waals surface area contributed by atoms with Gasteiger partial charge in [-0.15, -0.1) is 0 Å². The van der Waals surface area contributed by atoms with Gasteiger partial charge in [-0.1, -0.05) is 93.7 Å². The fraction of sp³-hybridized carbons (Fsp3) is 0.429. The zero-order valence-corrected chi connectivity index (χ0v) is 20.4. The van der Waals surface area contributed by atoms with Gasteiger partial charge in [0.25, 0.3) is 0 Å². The van der Waals surface area contributed by atoms with Gasteiger partial charge in [-0.05, 0) is 48.2 Å². The fourth-order valence-corrected chi connectivity index (χ4v) is 4.07. The summed E-state index contributed by atoms with van der Waals surface area (Å²) in [5.74, 6) is 4.06. The number of benzene rings is 2. The van der Waals surface area contributed by atoms with Crippen molar-refractivity contribution in [3.05, 3.63) is 70.2 Å². The van der Waals surface area contributed by atoms with Crippen LogP contribution >= 0.6 is 11.6 Å². The first-order valence-electron chi connectivity index (χ1n) is 11.8. The molecule has 0 saturated heterocycles. The lowest BCUT2D eigenvalue weighted by Gasteiger charge is -2.30. The molecular weight excluding hydrogens is 434 g/mol. The molecule has 2 rings (SSSR count). The average molecular weight is 468 g/mol. The van der Waals surface area contributed by atoms with E-state index >= 15 is 0 Å². The van der Waals surface area contributed by atoms with Crippen molar-refractivity contribution in [2.24, 2.45) is 0 Å². The molecule has 1 atom stereocenters. The molecule has 0 aliphatic heterocycles. The van der Waals surface area contributed by atoms with Gasteiger partial charge in [-0.25, -0.2) is 4.79 Å². The zero-order valence-electron chi connectivity index (χ0n) is 19.6. The topological polar surface area (TPSA) is 57.6 Å². The van der Waals surface area contributed by atoms with Crippen LogP contribution in [0.2, 0.25) is 5.02 Å². The van der Waals surface area contributed by atoms with Crippen molar-refractivity contribution < 1.29 is 14.7 Å².